The Bertz CT molecular complexity index is 1420. The molecule has 0 fully saturated rings. The number of anilines is 1. The van der Waals surface area contributed by atoms with E-state index in [4.69, 9.17) is 14.2 Å². The van der Waals surface area contributed by atoms with Crippen LogP contribution in [0.3, 0.4) is 0 Å². The zero-order valence-electron chi connectivity index (χ0n) is 19.5. The van der Waals surface area contributed by atoms with Gasteiger partial charge < -0.3 is 14.2 Å². The van der Waals surface area contributed by atoms with E-state index < -0.39 is 33.3 Å². The first-order valence-electron chi connectivity index (χ1n) is 10.7. The highest BCUT2D eigenvalue weighted by atomic mass is 79.9. The molecule has 37 heavy (non-hydrogen) atoms. The van der Waals surface area contributed by atoms with Gasteiger partial charge in [0.25, 0.3) is 5.69 Å². The number of cyclic esters (lactones) is 1. The second-order valence-electron chi connectivity index (χ2n) is 7.76. The molecule has 0 aliphatic carbocycles. The molecule has 1 atom stereocenters. The Labute approximate surface area is 218 Å². The number of nitrogens with zero attached hydrogens (tertiary/aromatic N) is 3. The SMILES string of the molecule is COc1ccc2c(c1OC)C(=O)OC2CC(=NNc1ccc([N+](=O)[O-])cc1[N+](=O)[O-])c1ccc(Br)cc1. The summed E-state index contributed by atoms with van der Waals surface area (Å²) in [5.74, 6) is 0.0620. The smallest absolute Gasteiger partial charge is 0.343 e. The predicted octanol–water partition coefficient (Wildman–Crippen LogP) is 5.40. The first-order valence-corrected chi connectivity index (χ1v) is 11.5. The maximum atomic E-state index is 12.7. The molecule has 0 spiro atoms. The van der Waals surface area contributed by atoms with E-state index in [0.29, 0.717) is 22.6 Å². The van der Waals surface area contributed by atoms with Gasteiger partial charge in [0.05, 0.1) is 35.8 Å². The van der Waals surface area contributed by atoms with Crippen LogP contribution in [-0.4, -0.2) is 35.7 Å². The number of hydrogen-bond acceptors (Lipinski definition) is 10. The summed E-state index contributed by atoms with van der Waals surface area (Å²) in [7, 11) is 2.89. The van der Waals surface area contributed by atoms with Crippen molar-refractivity contribution in [2.45, 2.75) is 12.5 Å². The van der Waals surface area contributed by atoms with Crippen molar-refractivity contribution in [3.8, 4) is 11.5 Å². The molecule has 12 nitrogen and oxygen atoms in total. The van der Waals surface area contributed by atoms with E-state index in [1.54, 1.807) is 36.4 Å². The number of halogens is 1. The van der Waals surface area contributed by atoms with E-state index >= 15 is 0 Å². The standard InChI is InChI=1S/C24H19BrN4O8/c1-35-20-10-8-16-21(37-24(30)22(16)23(20)36-2)12-18(13-3-5-14(25)6-4-13)27-26-17-9-7-15(28(31)32)11-19(17)29(33)34/h3-11,21,26H,12H2,1-2H3. The monoisotopic (exact) mass is 570 g/mol. The van der Waals surface area contributed by atoms with Gasteiger partial charge in [-0.25, -0.2) is 4.79 Å². The second kappa shape index (κ2) is 10.6. The summed E-state index contributed by atoms with van der Waals surface area (Å²) >= 11 is 3.38. The molecule has 1 aliphatic rings. The van der Waals surface area contributed by atoms with Gasteiger partial charge in [-0.05, 0) is 29.8 Å². The number of carbonyl (C=O) groups is 1. The fourth-order valence-electron chi connectivity index (χ4n) is 3.88. The summed E-state index contributed by atoms with van der Waals surface area (Å²) in [6.45, 7) is 0. The average Bonchev–Trinajstić information content (AvgIpc) is 3.21. The predicted molar refractivity (Wildman–Crippen MR) is 136 cm³/mol. The van der Waals surface area contributed by atoms with Gasteiger partial charge >= 0.3 is 11.7 Å². The molecule has 4 rings (SSSR count). The fraction of sp³-hybridized carbons (Fsp3) is 0.167. The minimum absolute atomic E-state index is 0.0413. The molecule has 0 saturated heterocycles. The van der Waals surface area contributed by atoms with Gasteiger partial charge in [0.15, 0.2) is 11.5 Å². The van der Waals surface area contributed by atoms with Crippen LogP contribution in [0, 0.1) is 20.2 Å². The number of esters is 1. The Hall–Kier alpha value is -4.52. The van der Waals surface area contributed by atoms with Crippen LogP contribution in [0.5, 0.6) is 11.5 Å². The number of ether oxygens (including phenoxy) is 3. The summed E-state index contributed by atoms with van der Waals surface area (Å²) in [6.07, 6.45) is -0.609. The number of methoxy groups -OCH3 is 2. The summed E-state index contributed by atoms with van der Waals surface area (Å²) in [5.41, 5.74) is 3.58. The third-order valence-electron chi connectivity index (χ3n) is 5.63. The molecule has 0 radical (unpaired) electrons. The number of nitrogens with one attached hydrogen (secondary N) is 1. The number of nitro groups is 2. The lowest BCUT2D eigenvalue weighted by Crippen LogP contribution is -2.11. The molecular formula is C24H19BrN4O8. The molecule has 3 aromatic carbocycles. The summed E-state index contributed by atoms with van der Waals surface area (Å²) in [4.78, 5) is 33.8. The van der Waals surface area contributed by atoms with E-state index in [-0.39, 0.29) is 23.4 Å². The molecule has 0 saturated carbocycles. The Balaban J connectivity index is 1.73. The lowest BCUT2D eigenvalue weighted by atomic mass is 9.97. The highest BCUT2D eigenvalue weighted by molar-refractivity contribution is 9.10. The lowest BCUT2D eigenvalue weighted by molar-refractivity contribution is -0.393. The molecule has 1 N–H and O–H groups in total. The Morgan fingerprint density at radius 1 is 1.05 bits per heavy atom. The third kappa shape index (κ3) is 5.21. The van der Waals surface area contributed by atoms with Crippen LogP contribution in [-0.2, 0) is 4.74 Å². The summed E-state index contributed by atoms with van der Waals surface area (Å²) in [6, 6.07) is 13.7. The quantitative estimate of drug-likeness (QED) is 0.154. The Kier molecular flexibility index (Phi) is 7.34. The molecule has 0 amide bonds. The Morgan fingerprint density at radius 2 is 1.78 bits per heavy atom. The minimum Gasteiger partial charge on any atom is -0.493 e. The number of carbonyl (C=O) groups excluding carboxylic acids is 1. The number of fused-ring (bicyclic) bond motifs is 1. The van der Waals surface area contributed by atoms with Gasteiger partial charge in [0.1, 0.15) is 17.4 Å². The number of non-ortho nitro benzene ring substituents is 1. The van der Waals surface area contributed by atoms with E-state index in [2.05, 4.69) is 26.5 Å². The highest BCUT2D eigenvalue weighted by Crippen LogP contribution is 2.43. The minimum atomic E-state index is -0.737. The average molecular weight is 571 g/mol. The van der Waals surface area contributed by atoms with Gasteiger partial charge in [-0.2, -0.15) is 5.10 Å². The maximum absolute atomic E-state index is 12.7. The molecule has 0 bridgehead atoms. The van der Waals surface area contributed by atoms with Crippen molar-refractivity contribution in [1.29, 1.82) is 0 Å². The summed E-state index contributed by atoms with van der Waals surface area (Å²) in [5, 5.41) is 26.9. The van der Waals surface area contributed by atoms with Crippen LogP contribution in [0.15, 0.2) is 64.2 Å². The van der Waals surface area contributed by atoms with Crippen LogP contribution in [0.1, 0.15) is 34.0 Å². The van der Waals surface area contributed by atoms with E-state index in [1.165, 1.54) is 20.3 Å². The van der Waals surface area contributed by atoms with Gasteiger partial charge in [0.2, 0.25) is 0 Å². The van der Waals surface area contributed by atoms with Crippen molar-refractivity contribution in [1.82, 2.24) is 0 Å². The zero-order chi connectivity index (χ0) is 26.7. The van der Waals surface area contributed by atoms with Crippen molar-refractivity contribution >= 4 is 44.7 Å². The zero-order valence-corrected chi connectivity index (χ0v) is 21.1. The van der Waals surface area contributed by atoms with Crippen LogP contribution >= 0.6 is 15.9 Å². The summed E-state index contributed by atoms with van der Waals surface area (Å²) < 4.78 is 17.1. The number of hydrazone groups is 1. The third-order valence-corrected chi connectivity index (χ3v) is 6.16. The first kappa shape index (κ1) is 25.6. The molecular weight excluding hydrogens is 552 g/mol. The second-order valence-corrected chi connectivity index (χ2v) is 8.67. The Morgan fingerprint density at radius 3 is 2.41 bits per heavy atom. The van der Waals surface area contributed by atoms with Crippen molar-refractivity contribution in [2.75, 3.05) is 19.6 Å². The number of rotatable bonds is 9. The van der Waals surface area contributed by atoms with E-state index in [9.17, 15) is 25.0 Å². The molecule has 190 valence electrons. The van der Waals surface area contributed by atoms with Crippen LogP contribution in [0.25, 0.3) is 0 Å². The van der Waals surface area contributed by atoms with Crippen LogP contribution < -0.4 is 14.9 Å². The molecule has 3 aromatic rings. The van der Waals surface area contributed by atoms with Gasteiger partial charge in [-0.15, -0.1) is 0 Å². The van der Waals surface area contributed by atoms with E-state index in [1.807, 2.05) is 0 Å². The van der Waals surface area contributed by atoms with Crippen molar-refractivity contribution in [3.63, 3.8) is 0 Å². The molecule has 13 heteroatoms. The molecule has 1 aliphatic heterocycles. The van der Waals surface area contributed by atoms with Gasteiger partial charge in [-0.1, -0.05) is 34.1 Å². The number of nitro benzene ring substituents is 2. The molecule has 1 unspecified atom stereocenters. The number of benzene rings is 3. The topological polar surface area (TPSA) is 155 Å². The van der Waals surface area contributed by atoms with Crippen LogP contribution in [0.2, 0.25) is 0 Å². The van der Waals surface area contributed by atoms with Crippen LogP contribution in [0.4, 0.5) is 17.1 Å². The largest absolute Gasteiger partial charge is 0.493 e. The normalized spacial score (nSPS) is 14.5. The van der Waals surface area contributed by atoms with E-state index in [0.717, 1.165) is 16.6 Å². The fourth-order valence-corrected chi connectivity index (χ4v) is 4.14. The van der Waals surface area contributed by atoms with Crippen molar-refractivity contribution < 1.29 is 28.9 Å². The highest BCUT2D eigenvalue weighted by Gasteiger charge is 2.36. The van der Waals surface area contributed by atoms with Crippen molar-refractivity contribution in [2.24, 2.45) is 5.10 Å². The molecule has 0 aromatic heterocycles. The van der Waals surface area contributed by atoms with Crippen molar-refractivity contribution in [3.05, 3.63) is 96.0 Å². The number of hydrogen-bond donors (Lipinski definition) is 1. The van der Waals surface area contributed by atoms with Gasteiger partial charge in [-0.3, -0.25) is 25.7 Å². The lowest BCUT2D eigenvalue weighted by Gasteiger charge is -2.15. The molecule has 1 heterocycles. The first-order chi connectivity index (χ1) is 17.7. The maximum Gasteiger partial charge on any atom is 0.343 e. The van der Waals surface area contributed by atoms with Gasteiger partial charge in [0, 0.05) is 22.5 Å².